The molecule has 1 spiro atoms. The third kappa shape index (κ3) is 10.9. The number of carboxylic acids is 2. The molecule has 0 aliphatic carbocycles. The monoisotopic (exact) mass is 571 g/mol. The highest BCUT2D eigenvalue weighted by Gasteiger charge is 2.41. The Morgan fingerprint density at radius 3 is 2.08 bits per heavy atom. The maximum absolute atomic E-state index is 10.6. The maximum Gasteiger partial charge on any atom is 0.490 e. The molecule has 4 heterocycles. The molecule has 0 aromatic carbocycles. The van der Waals surface area contributed by atoms with Crippen molar-refractivity contribution in [3.8, 4) is 0 Å². The number of aromatic nitrogens is 1. The Bertz CT molecular complexity index is 983. The number of hydrogen-bond donors (Lipinski definition) is 2. The van der Waals surface area contributed by atoms with E-state index in [4.69, 9.17) is 24.5 Å². The summed E-state index contributed by atoms with van der Waals surface area (Å²) in [5, 5.41) is 16.4. The number of rotatable bonds is 4. The molecule has 2 aliphatic rings. The smallest absolute Gasteiger partial charge is 0.475 e. The number of pyridine rings is 1. The fraction of sp³-hybridized carbons (Fsp3) is 0.522. The second-order valence-electron chi connectivity index (χ2n) is 8.77. The lowest BCUT2D eigenvalue weighted by atomic mass is 9.87. The van der Waals surface area contributed by atoms with Gasteiger partial charge in [0, 0.05) is 55.4 Å². The Kier molecular flexibility index (Phi) is 11.5. The summed E-state index contributed by atoms with van der Waals surface area (Å²) in [6.45, 7) is 8.30. The Labute approximate surface area is 218 Å². The summed E-state index contributed by atoms with van der Waals surface area (Å²) in [6, 6.07) is 8.59. The molecule has 212 valence electrons. The van der Waals surface area contributed by atoms with Gasteiger partial charge >= 0.3 is 24.3 Å². The summed E-state index contributed by atoms with van der Waals surface area (Å²) in [7, 11) is 0. The lowest BCUT2D eigenvalue weighted by Gasteiger charge is -2.31. The van der Waals surface area contributed by atoms with Crippen LogP contribution in [0.2, 0.25) is 0 Å². The number of carboxylic acid groups (broad SMARTS) is 2. The molecule has 2 saturated heterocycles. The second kappa shape index (κ2) is 13.9. The quantitative estimate of drug-likeness (QED) is 0.529. The fourth-order valence-corrected chi connectivity index (χ4v) is 4.74. The van der Waals surface area contributed by atoms with E-state index < -0.39 is 24.3 Å². The van der Waals surface area contributed by atoms with Crippen LogP contribution in [0.4, 0.5) is 26.3 Å². The van der Waals surface area contributed by atoms with E-state index in [2.05, 4.69) is 38.4 Å². The van der Waals surface area contributed by atoms with Gasteiger partial charge in [-0.3, -0.25) is 14.8 Å². The summed E-state index contributed by atoms with van der Waals surface area (Å²) < 4.78 is 69.5. The summed E-state index contributed by atoms with van der Waals surface area (Å²) in [4.78, 5) is 28.6. The van der Waals surface area contributed by atoms with Crippen LogP contribution in [0.3, 0.4) is 0 Å². The van der Waals surface area contributed by atoms with Gasteiger partial charge in [0.25, 0.3) is 0 Å². The summed E-state index contributed by atoms with van der Waals surface area (Å²) in [6.07, 6.45) is -5.11. The van der Waals surface area contributed by atoms with E-state index in [9.17, 15) is 26.3 Å². The van der Waals surface area contributed by atoms with Gasteiger partial charge in [-0.15, -0.1) is 11.3 Å². The van der Waals surface area contributed by atoms with Gasteiger partial charge in [-0.2, -0.15) is 26.3 Å². The molecule has 2 N–H and O–H groups in total. The summed E-state index contributed by atoms with van der Waals surface area (Å²) >= 11 is 1.86. The SMILES string of the molecule is O=C(O)C(F)(F)F.O=C(O)C(F)(F)F.c1cncc(CN2CCC3(COCCN(Cc4cccs4)C3)C2)c1. The van der Waals surface area contributed by atoms with Crippen molar-refractivity contribution in [3.63, 3.8) is 0 Å². The van der Waals surface area contributed by atoms with E-state index in [0.29, 0.717) is 0 Å². The first-order chi connectivity index (χ1) is 17.7. The number of hydrogen-bond acceptors (Lipinski definition) is 7. The molecule has 1 atom stereocenters. The molecule has 2 aromatic heterocycles. The van der Waals surface area contributed by atoms with Crippen LogP contribution in [0.5, 0.6) is 0 Å². The topological polar surface area (TPSA) is 103 Å². The van der Waals surface area contributed by atoms with Crippen LogP contribution in [0.25, 0.3) is 0 Å². The van der Waals surface area contributed by atoms with Gasteiger partial charge in [-0.05, 0) is 36.0 Å². The Morgan fingerprint density at radius 1 is 0.974 bits per heavy atom. The first kappa shape index (κ1) is 31.5. The van der Waals surface area contributed by atoms with Crippen LogP contribution >= 0.6 is 11.3 Å². The van der Waals surface area contributed by atoms with Crippen LogP contribution < -0.4 is 0 Å². The van der Waals surface area contributed by atoms with Crippen molar-refractivity contribution in [3.05, 3.63) is 52.5 Å². The summed E-state index contributed by atoms with van der Waals surface area (Å²) in [5.41, 5.74) is 1.59. The number of ether oxygens (including phenoxy) is 1. The third-order valence-corrected chi connectivity index (χ3v) is 6.47. The van der Waals surface area contributed by atoms with Crippen LogP contribution in [-0.2, 0) is 27.4 Å². The van der Waals surface area contributed by atoms with Gasteiger partial charge < -0.3 is 14.9 Å². The largest absolute Gasteiger partial charge is 0.490 e. The molecule has 0 bridgehead atoms. The van der Waals surface area contributed by atoms with Gasteiger partial charge in [0.1, 0.15) is 0 Å². The van der Waals surface area contributed by atoms with E-state index in [-0.39, 0.29) is 5.41 Å². The molecule has 38 heavy (non-hydrogen) atoms. The van der Waals surface area contributed by atoms with Crippen molar-refractivity contribution in [1.29, 1.82) is 0 Å². The number of halogens is 6. The predicted octanol–water partition coefficient (Wildman–Crippen LogP) is 4.13. The Hall–Kier alpha value is -2.75. The first-order valence-corrected chi connectivity index (χ1v) is 12.1. The highest BCUT2D eigenvalue weighted by atomic mass is 32.1. The minimum Gasteiger partial charge on any atom is -0.475 e. The van der Waals surface area contributed by atoms with Gasteiger partial charge in [-0.25, -0.2) is 9.59 Å². The molecule has 2 aromatic rings. The van der Waals surface area contributed by atoms with E-state index in [1.165, 1.54) is 16.9 Å². The third-order valence-electron chi connectivity index (χ3n) is 5.61. The van der Waals surface area contributed by atoms with Crippen molar-refractivity contribution in [1.82, 2.24) is 14.8 Å². The van der Waals surface area contributed by atoms with Crippen molar-refractivity contribution in [2.45, 2.75) is 31.9 Å². The van der Waals surface area contributed by atoms with Crippen molar-refractivity contribution < 1.29 is 50.9 Å². The molecule has 2 aliphatic heterocycles. The van der Waals surface area contributed by atoms with Gasteiger partial charge in [0.15, 0.2) is 0 Å². The number of alkyl halides is 6. The molecule has 2 fully saturated rings. The molecule has 1 unspecified atom stereocenters. The zero-order chi connectivity index (χ0) is 28.4. The van der Waals surface area contributed by atoms with Gasteiger partial charge in [-0.1, -0.05) is 12.1 Å². The van der Waals surface area contributed by atoms with E-state index >= 15 is 0 Å². The number of nitrogens with zero attached hydrogens (tertiary/aromatic N) is 3. The normalized spacial score (nSPS) is 20.6. The molecule has 0 radical (unpaired) electrons. The molecule has 15 heteroatoms. The molecule has 0 amide bonds. The second-order valence-corrected chi connectivity index (χ2v) is 9.80. The average Bonchev–Trinajstić information content (AvgIpc) is 3.42. The van der Waals surface area contributed by atoms with E-state index in [0.717, 1.165) is 52.5 Å². The number of aliphatic carboxylic acids is 2. The molecule has 0 saturated carbocycles. The van der Waals surface area contributed by atoms with Crippen LogP contribution in [0.1, 0.15) is 16.9 Å². The Morgan fingerprint density at radius 2 is 1.58 bits per heavy atom. The average molecular weight is 572 g/mol. The van der Waals surface area contributed by atoms with Crippen LogP contribution in [0.15, 0.2) is 42.0 Å². The first-order valence-electron chi connectivity index (χ1n) is 11.2. The molecular weight excluding hydrogens is 544 g/mol. The van der Waals surface area contributed by atoms with E-state index in [1.807, 2.05) is 29.8 Å². The van der Waals surface area contributed by atoms with Gasteiger partial charge in [0.05, 0.1) is 13.2 Å². The zero-order valence-corrected chi connectivity index (χ0v) is 20.9. The molecule has 4 rings (SSSR count). The van der Waals surface area contributed by atoms with Crippen LogP contribution in [-0.4, -0.2) is 88.7 Å². The molecule has 8 nitrogen and oxygen atoms in total. The van der Waals surface area contributed by atoms with Crippen molar-refractivity contribution in [2.24, 2.45) is 5.41 Å². The highest BCUT2D eigenvalue weighted by molar-refractivity contribution is 7.09. The van der Waals surface area contributed by atoms with Crippen LogP contribution in [0, 0.1) is 5.41 Å². The number of carbonyl (C=O) groups is 2. The zero-order valence-electron chi connectivity index (χ0n) is 20.0. The summed E-state index contributed by atoms with van der Waals surface area (Å²) in [5.74, 6) is -5.51. The number of likely N-dealkylation sites (tertiary alicyclic amines) is 1. The lowest BCUT2D eigenvalue weighted by molar-refractivity contribution is -0.193. The lowest BCUT2D eigenvalue weighted by Crippen LogP contribution is -2.40. The highest BCUT2D eigenvalue weighted by Crippen LogP contribution is 2.34. The predicted molar refractivity (Wildman–Crippen MR) is 124 cm³/mol. The van der Waals surface area contributed by atoms with E-state index in [1.54, 1.807) is 0 Å². The van der Waals surface area contributed by atoms with Crippen molar-refractivity contribution in [2.75, 3.05) is 39.4 Å². The minimum absolute atomic E-state index is 0.288. The maximum atomic E-state index is 10.6. The Balaban J connectivity index is 0.000000301. The minimum atomic E-state index is -5.08. The standard InChI is InChI=1S/C19H25N3OS.2C2HF3O2/c1-3-17(11-20-6-1)12-21-7-5-19(14-21)15-22(8-9-23-16-19)13-18-4-2-10-24-18;2*3-2(4,5)1(6)7/h1-4,6,10-11H,5,7-9,12-16H2;2*(H,6,7). The van der Waals surface area contributed by atoms with Gasteiger partial charge in [0.2, 0.25) is 0 Å². The molecular formula is C23H27F6N3O5S. The van der Waals surface area contributed by atoms with Crippen molar-refractivity contribution >= 4 is 23.3 Å². The fourth-order valence-electron chi connectivity index (χ4n) is 4.00. The number of thiophene rings is 1.